The number of para-hydroxylation sites is 2. The molecule has 0 amide bonds. The summed E-state index contributed by atoms with van der Waals surface area (Å²) < 4.78 is -0.0661. The van der Waals surface area contributed by atoms with Crippen LogP contribution >= 0.6 is 0 Å². The van der Waals surface area contributed by atoms with E-state index in [1.165, 1.54) is 78.3 Å². The lowest BCUT2D eigenvalue weighted by atomic mass is 9.95. The normalized spacial score (nSPS) is 13.4. The van der Waals surface area contributed by atoms with E-state index in [-0.39, 0.29) is 4.66 Å². The lowest BCUT2D eigenvalue weighted by molar-refractivity contribution is 0.952. The first-order valence-electron chi connectivity index (χ1n) is 18.9. The van der Waals surface area contributed by atoms with Crippen LogP contribution in [0.3, 0.4) is 0 Å². The molecule has 2 nitrogen and oxygen atoms in total. The molecule has 0 saturated carbocycles. The molecule has 264 valence electrons. The molecule has 7 aromatic rings. The van der Waals surface area contributed by atoms with Crippen LogP contribution in [-0.4, -0.2) is 16.1 Å². The number of benzene rings is 7. The average molecular weight is 723 g/mol. The van der Waals surface area contributed by atoms with Gasteiger partial charge in [-0.25, -0.2) is 0 Å². The number of nitrogens with zero attached hydrogens (tertiary/aromatic N) is 2. The minimum atomic E-state index is -2.03. The lowest BCUT2D eigenvalue weighted by Gasteiger charge is -2.51. The molecule has 0 heterocycles. The van der Waals surface area contributed by atoms with Gasteiger partial charge in [-0.1, -0.05) is 130 Å². The van der Waals surface area contributed by atoms with E-state index in [2.05, 4.69) is 221 Å². The largest absolute Gasteiger partial charge is 0.310 e. The van der Waals surface area contributed by atoms with Crippen molar-refractivity contribution in [1.82, 2.24) is 0 Å². The first-order valence-corrected chi connectivity index (χ1v) is 25.9. The molecule has 0 atom stereocenters. The van der Waals surface area contributed by atoms with Crippen molar-refractivity contribution in [3.05, 3.63) is 180 Å². The SMILES string of the molecule is Cc1cccc(N(c2ccccc2)c2ccc3c(c2)C([Si](C)(C)C)([Si](C)(C)C)c2cc(N(c4ccccc4)c4cccc(C)c4)c4ccccc4c2-3)c1. The number of rotatable bonds is 8. The van der Waals surface area contributed by atoms with Gasteiger partial charge in [-0.2, -0.15) is 0 Å². The Bertz CT molecular complexity index is 2440. The molecule has 1 aliphatic carbocycles. The Morgan fingerprint density at radius 2 is 0.868 bits per heavy atom. The number of fused-ring (bicyclic) bond motifs is 5. The highest BCUT2D eigenvalue weighted by Gasteiger charge is 2.59. The standard InChI is InChI=1S/C49H50N2Si2/c1-35-19-17-25-39(31-35)50(37-21-11-9-12-22-37)41-29-30-44-45(33-41)49(52(3,4)5,53(6,7)8)46-34-47(42-27-15-16-28-43(42)48(44)46)51(38-23-13-10-14-24-38)40-26-18-20-36(2)32-40/h9-34H,1-8H3. The summed E-state index contributed by atoms with van der Waals surface area (Å²) in [5, 5.41) is 2.61. The maximum Gasteiger partial charge on any atom is 0.0579 e. The maximum atomic E-state index is 2.62. The Balaban J connectivity index is 1.47. The fourth-order valence-corrected chi connectivity index (χ4v) is 22.8. The van der Waals surface area contributed by atoms with Crippen LogP contribution in [0.15, 0.2) is 158 Å². The topological polar surface area (TPSA) is 6.48 Å². The molecular formula is C49H50N2Si2. The zero-order valence-corrected chi connectivity index (χ0v) is 34.4. The molecule has 0 unspecified atom stereocenters. The molecule has 7 aromatic carbocycles. The van der Waals surface area contributed by atoms with Crippen molar-refractivity contribution in [3.8, 4) is 11.1 Å². The molecule has 0 aromatic heterocycles. The maximum absolute atomic E-state index is 2.62. The second-order valence-corrected chi connectivity index (χ2v) is 27.9. The van der Waals surface area contributed by atoms with Gasteiger partial charge in [0.05, 0.1) is 21.8 Å². The van der Waals surface area contributed by atoms with Crippen molar-refractivity contribution in [3.63, 3.8) is 0 Å². The van der Waals surface area contributed by atoms with Crippen molar-refractivity contribution in [2.45, 2.75) is 57.8 Å². The molecule has 4 heteroatoms. The Morgan fingerprint density at radius 3 is 1.42 bits per heavy atom. The first-order chi connectivity index (χ1) is 25.4. The predicted molar refractivity (Wildman–Crippen MR) is 236 cm³/mol. The molecule has 0 spiro atoms. The highest BCUT2D eigenvalue weighted by atomic mass is 28.4. The lowest BCUT2D eigenvalue weighted by Crippen LogP contribution is -2.63. The van der Waals surface area contributed by atoms with Crippen LogP contribution in [0, 0.1) is 13.8 Å². The molecule has 0 N–H and O–H groups in total. The van der Waals surface area contributed by atoms with E-state index >= 15 is 0 Å². The van der Waals surface area contributed by atoms with E-state index in [1.807, 2.05) is 0 Å². The molecular weight excluding hydrogens is 673 g/mol. The molecule has 1 aliphatic rings. The highest BCUT2D eigenvalue weighted by Crippen LogP contribution is 2.61. The predicted octanol–water partition coefficient (Wildman–Crippen LogP) is 14.4. The fraction of sp³-hybridized carbons (Fsp3) is 0.184. The van der Waals surface area contributed by atoms with Crippen molar-refractivity contribution in [1.29, 1.82) is 0 Å². The molecule has 8 rings (SSSR count). The van der Waals surface area contributed by atoms with Crippen LogP contribution in [0.4, 0.5) is 34.1 Å². The average Bonchev–Trinajstić information content (AvgIpc) is 3.44. The summed E-state index contributed by atoms with van der Waals surface area (Å²) in [6.07, 6.45) is 0. The molecule has 0 radical (unpaired) electrons. The van der Waals surface area contributed by atoms with Gasteiger partial charge in [0.1, 0.15) is 0 Å². The Hall–Kier alpha value is -5.17. The number of hydrogen-bond donors (Lipinski definition) is 0. The molecule has 0 aliphatic heterocycles. The minimum Gasteiger partial charge on any atom is -0.310 e. The van der Waals surface area contributed by atoms with Gasteiger partial charge in [0.25, 0.3) is 0 Å². The summed E-state index contributed by atoms with van der Waals surface area (Å²) in [6, 6.07) is 58.9. The summed E-state index contributed by atoms with van der Waals surface area (Å²) in [5.41, 5.74) is 15.5. The molecule has 0 saturated heterocycles. The summed E-state index contributed by atoms with van der Waals surface area (Å²) >= 11 is 0. The van der Waals surface area contributed by atoms with Crippen LogP contribution in [0.25, 0.3) is 21.9 Å². The van der Waals surface area contributed by atoms with E-state index in [0.717, 1.165) is 0 Å². The van der Waals surface area contributed by atoms with Crippen LogP contribution in [-0.2, 0) is 4.66 Å². The summed E-state index contributed by atoms with van der Waals surface area (Å²) in [6.45, 7) is 20.1. The fourth-order valence-electron chi connectivity index (χ4n) is 9.78. The zero-order chi connectivity index (χ0) is 37.1. The summed E-state index contributed by atoms with van der Waals surface area (Å²) in [5.74, 6) is 0. The van der Waals surface area contributed by atoms with Gasteiger partial charge in [0, 0.05) is 38.5 Å². The van der Waals surface area contributed by atoms with E-state index in [9.17, 15) is 0 Å². The summed E-state index contributed by atoms with van der Waals surface area (Å²) in [4.78, 5) is 4.95. The van der Waals surface area contributed by atoms with Gasteiger partial charge in [0.2, 0.25) is 0 Å². The minimum absolute atomic E-state index is 0.0661. The molecule has 53 heavy (non-hydrogen) atoms. The summed E-state index contributed by atoms with van der Waals surface area (Å²) in [7, 11) is -4.05. The second-order valence-electron chi connectivity index (χ2n) is 16.9. The van der Waals surface area contributed by atoms with E-state index < -0.39 is 16.1 Å². The van der Waals surface area contributed by atoms with Gasteiger partial charge in [0.15, 0.2) is 0 Å². The van der Waals surface area contributed by atoms with E-state index in [1.54, 1.807) is 0 Å². The number of hydrogen-bond acceptors (Lipinski definition) is 2. The first kappa shape index (κ1) is 34.9. The van der Waals surface area contributed by atoms with Crippen molar-refractivity contribution in [2.75, 3.05) is 9.80 Å². The van der Waals surface area contributed by atoms with Crippen LogP contribution in [0.1, 0.15) is 22.3 Å². The number of aryl methyl sites for hydroxylation is 2. The van der Waals surface area contributed by atoms with Gasteiger partial charge in [-0.15, -0.1) is 0 Å². The molecule has 0 fully saturated rings. The highest BCUT2D eigenvalue weighted by molar-refractivity contribution is 6.99. The van der Waals surface area contributed by atoms with E-state index in [4.69, 9.17) is 0 Å². The zero-order valence-electron chi connectivity index (χ0n) is 32.4. The Morgan fingerprint density at radius 1 is 0.396 bits per heavy atom. The molecule has 0 bridgehead atoms. The van der Waals surface area contributed by atoms with Gasteiger partial charge in [-0.3, -0.25) is 0 Å². The Labute approximate surface area is 318 Å². The van der Waals surface area contributed by atoms with Gasteiger partial charge in [-0.05, 0) is 119 Å². The third-order valence-corrected chi connectivity index (χ3v) is 21.5. The second kappa shape index (κ2) is 13.0. The van der Waals surface area contributed by atoms with Gasteiger partial charge >= 0.3 is 0 Å². The van der Waals surface area contributed by atoms with Crippen molar-refractivity contribution in [2.24, 2.45) is 0 Å². The van der Waals surface area contributed by atoms with Crippen molar-refractivity contribution < 1.29 is 0 Å². The van der Waals surface area contributed by atoms with Crippen LogP contribution in [0.2, 0.25) is 39.3 Å². The van der Waals surface area contributed by atoms with E-state index in [0.29, 0.717) is 0 Å². The third-order valence-electron chi connectivity index (χ3n) is 11.4. The quantitative estimate of drug-likeness (QED) is 0.144. The van der Waals surface area contributed by atoms with Crippen molar-refractivity contribution >= 4 is 61.0 Å². The number of anilines is 6. The Kier molecular flexibility index (Phi) is 8.59. The third kappa shape index (κ3) is 5.67. The smallest absolute Gasteiger partial charge is 0.0579 e. The van der Waals surface area contributed by atoms with Crippen LogP contribution in [0.5, 0.6) is 0 Å². The van der Waals surface area contributed by atoms with Crippen LogP contribution < -0.4 is 9.80 Å². The van der Waals surface area contributed by atoms with Gasteiger partial charge < -0.3 is 9.80 Å². The monoisotopic (exact) mass is 722 g/mol.